The van der Waals surface area contributed by atoms with Crippen molar-refractivity contribution in [1.29, 1.82) is 0 Å². The maximum Gasteiger partial charge on any atom is 0.271 e. The topological polar surface area (TPSA) is 115 Å². The fraction of sp³-hybridized carbons (Fsp3) is 0.316. The Kier molecular flexibility index (Phi) is 5.27. The van der Waals surface area contributed by atoms with Gasteiger partial charge in [-0.05, 0) is 38.0 Å². The fourth-order valence-electron chi connectivity index (χ4n) is 3.01. The standard InChI is InChI=1S/C19H23N5O3/c1-4-5-9-21-19-22-17-15(14(12(3)27-17)16(25)23-20)18(26)24(19)13-8-6-7-11(2)10-13/h6-8,10H,4-5,9,20H2,1-3H3,(H,21,22)(H,23,25). The van der Waals surface area contributed by atoms with Crippen LogP contribution >= 0.6 is 0 Å². The lowest BCUT2D eigenvalue weighted by Crippen LogP contribution is -2.32. The molecule has 8 nitrogen and oxygen atoms in total. The molecule has 0 bridgehead atoms. The zero-order chi connectivity index (χ0) is 19.6. The molecule has 0 saturated carbocycles. The molecular formula is C19H23N5O3. The third kappa shape index (κ3) is 3.43. The van der Waals surface area contributed by atoms with Gasteiger partial charge >= 0.3 is 0 Å². The maximum atomic E-state index is 13.4. The van der Waals surface area contributed by atoms with Gasteiger partial charge in [0, 0.05) is 6.54 Å². The molecule has 0 aliphatic heterocycles. The number of aromatic nitrogens is 2. The Morgan fingerprint density at radius 3 is 2.78 bits per heavy atom. The number of carbonyl (C=O) groups excluding carboxylic acids is 1. The predicted octanol–water partition coefficient (Wildman–Crippen LogP) is 2.41. The Balaban J connectivity index is 2.31. The van der Waals surface area contributed by atoms with Crippen LogP contribution in [0, 0.1) is 13.8 Å². The first-order valence-electron chi connectivity index (χ1n) is 8.86. The van der Waals surface area contributed by atoms with Crippen LogP contribution in [-0.4, -0.2) is 22.0 Å². The summed E-state index contributed by atoms with van der Waals surface area (Å²) in [5.74, 6) is 5.35. The third-order valence-corrected chi connectivity index (χ3v) is 4.33. The minimum absolute atomic E-state index is 0.103. The number of furan rings is 1. The summed E-state index contributed by atoms with van der Waals surface area (Å²) in [5.41, 5.74) is 3.55. The van der Waals surface area contributed by atoms with Gasteiger partial charge in [0.15, 0.2) is 0 Å². The number of benzene rings is 1. The van der Waals surface area contributed by atoms with E-state index in [1.54, 1.807) is 6.92 Å². The zero-order valence-corrected chi connectivity index (χ0v) is 15.6. The number of amides is 1. The lowest BCUT2D eigenvalue weighted by molar-refractivity contribution is 0.0953. The number of nitrogens with one attached hydrogen (secondary N) is 2. The average molecular weight is 369 g/mol. The molecule has 27 heavy (non-hydrogen) atoms. The molecule has 0 aliphatic carbocycles. The minimum atomic E-state index is -0.590. The second kappa shape index (κ2) is 7.63. The molecule has 2 heterocycles. The minimum Gasteiger partial charge on any atom is -0.442 e. The number of anilines is 1. The van der Waals surface area contributed by atoms with Crippen molar-refractivity contribution in [3.05, 3.63) is 51.5 Å². The second-order valence-corrected chi connectivity index (χ2v) is 6.38. The van der Waals surface area contributed by atoms with Gasteiger partial charge in [0.25, 0.3) is 11.5 Å². The summed E-state index contributed by atoms with van der Waals surface area (Å²) >= 11 is 0. The molecule has 1 amide bonds. The van der Waals surface area contributed by atoms with E-state index in [2.05, 4.69) is 22.7 Å². The van der Waals surface area contributed by atoms with E-state index >= 15 is 0 Å². The number of aryl methyl sites for hydroxylation is 2. The van der Waals surface area contributed by atoms with Crippen molar-refractivity contribution in [2.45, 2.75) is 33.6 Å². The van der Waals surface area contributed by atoms with Crippen LogP contribution in [0.25, 0.3) is 16.8 Å². The van der Waals surface area contributed by atoms with Crippen LogP contribution in [0.5, 0.6) is 0 Å². The summed E-state index contributed by atoms with van der Waals surface area (Å²) in [4.78, 5) is 30.0. The highest BCUT2D eigenvalue weighted by Crippen LogP contribution is 2.24. The molecule has 0 spiro atoms. The van der Waals surface area contributed by atoms with Gasteiger partial charge in [-0.25, -0.2) is 10.4 Å². The molecule has 0 aliphatic rings. The Hall–Kier alpha value is -3.13. The summed E-state index contributed by atoms with van der Waals surface area (Å²) in [6.45, 7) is 6.29. The number of nitrogens with two attached hydrogens (primary N) is 1. The molecule has 2 aromatic heterocycles. The molecule has 142 valence electrons. The van der Waals surface area contributed by atoms with Crippen LogP contribution in [0.2, 0.25) is 0 Å². The van der Waals surface area contributed by atoms with Crippen LogP contribution < -0.4 is 22.1 Å². The van der Waals surface area contributed by atoms with E-state index in [1.807, 2.05) is 31.2 Å². The molecule has 0 radical (unpaired) electrons. The van der Waals surface area contributed by atoms with Gasteiger partial charge in [-0.1, -0.05) is 25.5 Å². The Bertz CT molecular complexity index is 1050. The van der Waals surface area contributed by atoms with Crippen LogP contribution in [0.4, 0.5) is 5.95 Å². The summed E-state index contributed by atoms with van der Waals surface area (Å²) in [6.07, 6.45) is 1.93. The first-order valence-corrected chi connectivity index (χ1v) is 8.86. The summed E-state index contributed by atoms with van der Waals surface area (Å²) in [5, 5.41) is 3.31. The second-order valence-electron chi connectivity index (χ2n) is 6.38. The van der Waals surface area contributed by atoms with E-state index in [4.69, 9.17) is 10.3 Å². The Morgan fingerprint density at radius 1 is 1.33 bits per heavy atom. The van der Waals surface area contributed by atoms with Crippen molar-refractivity contribution in [2.75, 3.05) is 11.9 Å². The van der Waals surface area contributed by atoms with Gasteiger partial charge in [-0.2, -0.15) is 4.98 Å². The number of rotatable bonds is 6. The average Bonchev–Trinajstić information content (AvgIpc) is 2.97. The SMILES string of the molecule is CCCCNc1nc2oc(C)c(C(=O)NN)c2c(=O)n1-c1cccc(C)c1. The van der Waals surface area contributed by atoms with Crippen molar-refractivity contribution in [3.8, 4) is 5.69 Å². The van der Waals surface area contributed by atoms with Crippen molar-refractivity contribution < 1.29 is 9.21 Å². The number of fused-ring (bicyclic) bond motifs is 1. The van der Waals surface area contributed by atoms with Crippen LogP contribution in [0.3, 0.4) is 0 Å². The monoisotopic (exact) mass is 369 g/mol. The molecule has 0 atom stereocenters. The number of hydrogen-bond donors (Lipinski definition) is 3. The molecule has 4 N–H and O–H groups in total. The van der Waals surface area contributed by atoms with Gasteiger partial charge < -0.3 is 9.73 Å². The van der Waals surface area contributed by atoms with Crippen LogP contribution in [0.15, 0.2) is 33.5 Å². The first kappa shape index (κ1) is 18.7. The van der Waals surface area contributed by atoms with Gasteiger partial charge in [0.1, 0.15) is 11.1 Å². The lowest BCUT2D eigenvalue weighted by Gasteiger charge is -2.14. The van der Waals surface area contributed by atoms with E-state index in [0.717, 1.165) is 18.4 Å². The maximum absolute atomic E-state index is 13.4. The summed E-state index contributed by atoms with van der Waals surface area (Å²) in [7, 11) is 0. The Morgan fingerprint density at radius 2 is 2.11 bits per heavy atom. The molecular weight excluding hydrogens is 346 g/mol. The highest BCUT2D eigenvalue weighted by molar-refractivity contribution is 6.06. The van der Waals surface area contributed by atoms with E-state index in [9.17, 15) is 9.59 Å². The highest BCUT2D eigenvalue weighted by atomic mass is 16.3. The normalized spacial score (nSPS) is 11.0. The number of hydrogen-bond acceptors (Lipinski definition) is 6. The lowest BCUT2D eigenvalue weighted by atomic mass is 10.1. The zero-order valence-electron chi connectivity index (χ0n) is 15.6. The predicted molar refractivity (Wildman–Crippen MR) is 104 cm³/mol. The van der Waals surface area contributed by atoms with Crippen molar-refractivity contribution >= 4 is 23.0 Å². The van der Waals surface area contributed by atoms with Crippen LogP contribution in [0.1, 0.15) is 41.4 Å². The largest absolute Gasteiger partial charge is 0.442 e. The fourth-order valence-corrected chi connectivity index (χ4v) is 3.01. The molecule has 1 aromatic carbocycles. The van der Waals surface area contributed by atoms with E-state index in [-0.39, 0.29) is 22.2 Å². The van der Waals surface area contributed by atoms with E-state index in [1.165, 1.54) is 4.57 Å². The van der Waals surface area contributed by atoms with Gasteiger partial charge in [0.05, 0.1) is 11.3 Å². The number of carbonyl (C=O) groups is 1. The van der Waals surface area contributed by atoms with Crippen molar-refractivity contribution in [2.24, 2.45) is 5.84 Å². The molecule has 0 fully saturated rings. The van der Waals surface area contributed by atoms with E-state index < -0.39 is 5.91 Å². The quantitative estimate of drug-likeness (QED) is 0.266. The Labute approximate surface area is 156 Å². The third-order valence-electron chi connectivity index (χ3n) is 4.33. The van der Waals surface area contributed by atoms with Crippen molar-refractivity contribution in [3.63, 3.8) is 0 Å². The van der Waals surface area contributed by atoms with Crippen LogP contribution in [-0.2, 0) is 0 Å². The summed E-state index contributed by atoms with van der Waals surface area (Å²) in [6, 6.07) is 7.52. The molecule has 3 aromatic rings. The van der Waals surface area contributed by atoms with Crippen molar-refractivity contribution in [1.82, 2.24) is 15.0 Å². The molecule has 0 saturated heterocycles. The highest BCUT2D eigenvalue weighted by Gasteiger charge is 2.24. The van der Waals surface area contributed by atoms with Gasteiger partial charge in [-0.3, -0.25) is 15.0 Å². The molecule has 8 heteroatoms. The number of nitrogen functional groups attached to an aromatic ring is 1. The van der Waals surface area contributed by atoms with E-state index in [0.29, 0.717) is 23.9 Å². The number of nitrogens with zero attached hydrogens (tertiary/aromatic N) is 2. The molecule has 3 rings (SSSR count). The van der Waals surface area contributed by atoms with Gasteiger partial charge in [-0.15, -0.1) is 0 Å². The van der Waals surface area contributed by atoms with Gasteiger partial charge in [0.2, 0.25) is 11.7 Å². The smallest absolute Gasteiger partial charge is 0.271 e. The number of hydrazine groups is 1. The first-order chi connectivity index (χ1) is 13.0. The number of unbranched alkanes of at least 4 members (excludes halogenated alkanes) is 1. The summed E-state index contributed by atoms with van der Waals surface area (Å²) < 4.78 is 7.05. The molecule has 0 unspecified atom stereocenters.